The Labute approximate surface area is 126 Å². The van der Waals surface area contributed by atoms with Crippen LogP contribution in [0.1, 0.15) is 39.5 Å². The van der Waals surface area contributed by atoms with Gasteiger partial charge in [-0.2, -0.15) is 4.98 Å². The number of amides is 1. The van der Waals surface area contributed by atoms with Crippen LogP contribution in [0, 0.1) is 0 Å². The Hall–Kier alpha value is -1.85. The molecule has 0 aromatic carbocycles. The molecule has 6 heteroatoms. The highest BCUT2D eigenvalue weighted by molar-refractivity contribution is 5.73. The molecule has 1 fully saturated rings. The molecule has 21 heavy (non-hydrogen) atoms. The number of nitrogens with zero attached hydrogens (tertiary/aromatic N) is 3. The van der Waals surface area contributed by atoms with Crippen molar-refractivity contribution in [2.75, 3.05) is 30.3 Å². The van der Waals surface area contributed by atoms with Gasteiger partial charge in [-0.1, -0.05) is 13.3 Å². The lowest BCUT2D eigenvalue weighted by atomic mass is 10.1. The number of rotatable bonds is 6. The minimum absolute atomic E-state index is 0.165. The van der Waals surface area contributed by atoms with Gasteiger partial charge in [0.25, 0.3) is 0 Å². The topological polar surface area (TPSA) is 70.2 Å². The fourth-order valence-corrected chi connectivity index (χ4v) is 2.45. The van der Waals surface area contributed by atoms with Crippen LogP contribution in [0.5, 0.6) is 0 Å². The normalized spacial score (nSPS) is 15.8. The number of likely N-dealkylation sites (tertiary alicyclic amines) is 1. The predicted molar refractivity (Wildman–Crippen MR) is 84.3 cm³/mol. The predicted octanol–water partition coefficient (Wildman–Crippen LogP) is 2.11. The molecule has 0 radical (unpaired) electrons. The maximum atomic E-state index is 11.3. The van der Waals surface area contributed by atoms with Gasteiger partial charge in [0.15, 0.2) is 0 Å². The van der Waals surface area contributed by atoms with Crippen molar-refractivity contribution in [2.45, 2.75) is 45.6 Å². The Balaban J connectivity index is 1.83. The highest BCUT2D eigenvalue weighted by Gasteiger charge is 2.20. The van der Waals surface area contributed by atoms with Crippen LogP contribution in [0.2, 0.25) is 0 Å². The smallest absolute Gasteiger partial charge is 0.224 e. The van der Waals surface area contributed by atoms with Crippen LogP contribution >= 0.6 is 0 Å². The highest BCUT2D eigenvalue weighted by Crippen LogP contribution is 2.16. The summed E-state index contributed by atoms with van der Waals surface area (Å²) >= 11 is 0. The number of anilines is 2. The van der Waals surface area contributed by atoms with Crippen molar-refractivity contribution in [1.29, 1.82) is 0 Å². The minimum atomic E-state index is 0.165. The van der Waals surface area contributed by atoms with E-state index in [0.717, 1.165) is 51.1 Å². The van der Waals surface area contributed by atoms with Crippen molar-refractivity contribution < 1.29 is 4.79 Å². The zero-order chi connectivity index (χ0) is 15.1. The molecule has 1 aromatic heterocycles. The fourth-order valence-electron chi connectivity index (χ4n) is 2.45. The molecule has 2 N–H and O–H groups in total. The molecule has 116 valence electrons. The average molecular weight is 291 g/mol. The van der Waals surface area contributed by atoms with E-state index in [1.165, 1.54) is 0 Å². The van der Waals surface area contributed by atoms with E-state index in [2.05, 4.69) is 27.5 Å². The zero-order valence-corrected chi connectivity index (χ0v) is 12.9. The van der Waals surface area contributed by atoms with Crippen LogP contribution in [0.15, 0.2) is 12.3 Å². The van der Waals surface area contributed by atoms with Gasteiger partial charge in [-0.25, -0.2) is 4.98 Å². The Morgan fingerprint density at radius 1 is 1.43 bits per heavy atom. The molecule has 0 unspecified atom stereocenters. The van der Waals surface area contributed by atoms with E-state index in [-0.39, 0.29) is 5.91 Å². The summed E-state index contributed by atoms with van der Waals surface area (Å²) in [6, 6.07) is 2.27. The molecule has 1 aromatic rings. The molecule has 0 aliphatic carbocycles. The van der Waals surface area contributed by atoms with Crippen LogP contribution in [0.4, 0.5) is 11.8 Å². The number of carbonyl (C=O) groups excluding carboxylic acids is 1. The molecular formula is C15H25N5O. The van der Waals surface area contributed by atoms with Crippen LogP contribution in [-0.2, 0) is 4.79 Å². The first kappa shape index (κ1) is 15.5. The van der Waals surface area contributed by atoms with Gasteiger partial charge in [-0.3, -0.25) is 4.79 Å². The quantitative estimate of drug-likeness (QED) is 0.786. The first-order valence-corrected chi connectivity index (χ1v) is 7.78. The maximum absolute atomic E-state index is 11.3. The average Bonchev–Trinajstić information content (AvgIpc) is 2.48. The standard InChI is InChI=1S/C15H25N5O/c1-3-4-8-16-15-17-9-5-14(19-15)18-13-6-10-20(11-7-13)12(2)21/h5,9,13H,3-4,6-8,10-11H2,1-2H3,(H2,16,17,18,19). The Morgan fingerprint density at radius 2 is 2.19 bits per heavy atom. The SMILES string of the molecule is CCCCNc1nccc(NC2CCN(C(C)=O)CC2)n1. The number of unbranched alkanes of at least 4 members (excludes halogenated alkanes) is 1. The van der Waals surface area contributed by atoms with Crippen molar-refractivity contribution in [3.05, 3.63) is 12.3 Å². The van der Waals surface area contributed by atoms with Gasteiger partial charge < -0.3 is 15.5 Å². The largest absolute Gasteiger partial charge is 0.367 e. The minimum Gasteiger partial charge on any atom is -0.367 e. The zero-order valence-electron chi connectivity index (χ0n) is 12.9. The van der Waals surface area contributed by atoms with Gasteiger partial charge in [-0.15, -0.1) is 0 Å². The molecule has 1 saturated heterocycles. The van der Waals surface area contributed by atoms with Gasteiger partial charge >= 0.3 is 0 Å². The first-order valence-electron chi connectivity index (χ1n) is 7.78. The number of aromatic nitrogens is 2. The summed E-state index contributed by atoms with van der Waals surface area (Å²) in [7, 11) is 0. The molecule has 1 amide bonds. The summed E-state index contributed by atoms with van der Waals surface area (Å²) in [4.78, 5) is 21.9. The summed E-state index contributed by atoms with van der Waals surface area (Å²) in [6.07, 6.45) is 5.96. The lowest BCUT2D eigenvalue weighted by molar-refractivity contribution is -0.129. The molecule has 6 nitrogen and oxygen atoms in total. The van der Waals surface area contributed by atoms with Crippen molar-refractivity contribution in [3.8, 4) is 0 Å². The van der Waals surface area contributed by atoms with Gasteiger partial charge in [0.2, 0.25) is 11.9 Å². The van der Waals surface area contributed by atoms with E-state index in [4.69, 9.17) is 0 Å². The second-order valence-corrected chi connectivity index (χ2v) is 5.47. The van der Waals surface area contributed by atoms with Crippen molar-refractivity contribution >= 4 is 17.7 Å². The van der Waals surface area contributed by atoms with Gasteiger partial charge in [0.05, 0.1) is 0 Å². The fraction of sp³-hybridized carbons (Fsp3) is 0.667. The van der Waals surface area contributed by atoms with E-state index >= 15 is 0 Å². The Kier molecular flexibility index (Phi) is 5.78. The third-order valence-corrected chi connectivity index (χ3v) is 3.76. The third kappa shape index (κ3) is 4.88. The summed E-state index contributed by atoms with van der Waals surface area (Å²) < 4.78 is 0. The lowest BCUT2D eigenvalue weighted by Crippen LogP contribution is -2.41. The number of hydrogen-bond acceptors (Lipinski definition) is 5. The number of nitrogens with one attached hydrogen (secondary N) is 2. The molecule has 1 aliphatic heterocycles. The molecule has 2 heterocycles. The molecule has 0 bridgehead atoms. The van der Waals surface area contributed by atoms with Gasteiger partial charge in [-0.05, 0) is 25.3 Å². The number of carbonyl (C=O) groups is 1. The highest BCUT2D eigenvalue weighted by atomic mass is 16.2. The number of hydrogen-bond donors (Lipinski definition) is 2. The summed E-state index contributed by atoms with van der Waals surface area (Å²) in [6.45, 7) is 6.33. The van der Waals surface area contributed by atoms with Crippen LogP contribution in [0.3, 0.4) is 0 Å². The molecule has 0 spiro atoms. The van der Waals surface area contributed by atoms with Crippen LogP contribution in [-0.4, -0.2) is 46.5 Å². The number of piperidine rings is 1. The van der Waals surface area contributed by atoms with E-state index in [0.29, 0.717) is 12.0 Å². The van der Waals surface area contributed by atoms with Crippen LogP contribution < -0.4 is 10.6 Å². The van der Waals surface area contributed by atoms with Crippen molar-refractivity contribution in [2.24, 2.45) is 0 Å². The monoisotopic (exact) mass is 291 g/mol. The van der Waals surface area contributed by atoms with Crippen LogP contribution in [0.25, 0.3) is 0 Å². The summed E-state index contributed by atoms with van der Waals surface area (Å²) in [5, 5.41) is 6.67. The van der Waals surface area contributed by atoms with Crippen molar-refractivity contribution in [1.82, 2.24) is 14.9 Å². The van der Waals surface area contributed by atoms with E-state index < -0.39 is 0 Å². The maximum Gasteiger partial charge on any atom is 0.224 e. The molecule has 0 saturated carbocycles. The van der Waals surface area contributed by atoms with Gasteiger partial charge in [0.1, 0.15) is 5.82 Å². The molecule has 2 rings (SSSR count). The van der Waals surface area contributed by atoms with E-state index in [1.54, 1.807) is 13.1 Å². The van der Waals surface area contributed by atoms with E-state index in [9.17, 15) is 4.79 Å². The second kappa shape index (κ2) is 7.81. The molecule has 0 atom stereocenters. The third-order valence-electron chi connectivity index (χ3n) is 3.76. The van der Waals surface area contributed by atoms with Crippen molar-refractivity contribution in [3.63, 3.8) is 0 Å². The molecular weight excluding hydrogens is 266 g/mol. The first-order chi connectivity index (χ1) is 10.2. The lowest BCUT2D eigenvalue weighted by Gasteiger charge is -2.31. The molecule has 1 aliphatic rings. The Morgan fingerprint density at radius 3 is 2.86 bits per heavy atom. The summed E-state index contributed by atoms with van der Waals surface area (Å²) in [5.41, 5.74) is 0. The van der Waals surface area contributed by atoms with Gasteiger partial charge in [0, 0.05) is 38.8 Å². The second-order valence-electron chi connectivity index (χ2n) is 5.47. The summed E-state index contributed by atoms with van der Waals surface area (Å²) in [5.74, 6) is 1.69. The van der Waals surface area contributed by atoms with E-state index in [1.807, 2.05) is 11.0 Å². The Bertz CT molecular complexity index is 457.